The summed E-state index contributed by atoms with van der Waals surface area (Å²) in [6.07, 6.45) is 0. The third-order valence-corrected chi connectivity index (χ3v) is 3.74. The van der Waals surface area contributed by atoms with Crippen molar-refractivity contribution < 1.29 is 14.3 Å². The number of nitrogens with one attached hydrogen (secondary N) is 1. The van der Waals surface area contributed by atoms with E-state index in [1.165, 1.54) is 20.3 Å². The van der Waals surface area contributed by atoms with Crippen LogP contribution >= 0.6 is 23.2 Å². The molecule has 22 heavy (non-hydrogen) atoms. The van der Waals surface area contributed by atoms with E-state index in [9.17, 15) is 4.79 Å². The van der Waals surface area contributed by atoms with Crippen molar-refractivity contribution in [2.75, 3.05) is 14.2 Å². The number of amides is 1. The number of ether oxygens (including phenoxy) is 2. The summed E-state index contributed by atoms with van der Waals surface area (Å²) in [7, 11) is 2.97. The Bertz CT molecular complexity index is 689. The first kappa shape index (κ1) is 16.5. The molecule has 2 rings (SSSR count). The van der Waals surface area contributed by atoms with Crippen LogP contribution in [0.25, 0.3) is 0 Å². The van der Waals surface area contributed by atoms with Crippen molar-refractivity contribution in [3.05, 3.63) is 57.6 Å². The molecule has 0 heterocycles. The SMILES string of the molecule is COc1cc(C(=O)NCc2ccccc2Cl)cc(Cl)c1OC. The van der Waals surface area contributed by atoms with Gasteiger partial charge in [-0.2, -0.15) is 0 Å². The van der Waals surface area contributed by atoms with Gasteiger partial charge in [-0.1, -0.05) is 41.4 Å². The van der Waals surface area contributed by atoms with Gasteiger partial charge < -0.3 is 14.8 Å². The summed E-state index contributed by atoms with van der Waals surface area (Å²) in [5, 5.41) is 3.71. The molecule has 0 spiro atoms. The minimum atomic E-state index is -0.275. The van der Waals surface area contributed by atoms with Crippen LogP contribution in [-0.4, -0.2) is 20.1 Å². The lowest BCUT2D eigenvalue weighted by molar-refractivity contribution is 0.0950. The van der Waals surface area contributed by atoms with E-state index < -0.39 is 0 Å². The number of methoxy groups -OCH3 is 2. The van der Waals surface area contributed by atoms with Gasteiger partial charge in [-0.3, -0.25) is 4.79 Å². The van der Waals surface area contributed by atoms with Gasteiger partial charge in [0.25, 0.3) is 5.91 Å². The van der Waals surface area contributed by atoms with E-state index in [0.29, 0.717) is 33.7 Å². The van der Waals surface area contributed by atoms with Gasteiger partial charge in [0.1, 0.15) is 0 Å². The van der Waals surface area contributed by atoms with Crippen LogP contribution in [0.5, 0.6) is 11.5 Å². The van der Waals surface area contributed by atoms with Crippen LogP contribution in [-0.2, 0) is 6.54 Å². The monoisotopic (exact) mass is 339 g/mol. The van der Waals surface area contributed by atoms with Crippen molar-refractivity contribution in [3.8, 4) is 11.5 Å². The second kappa shape index (κ2) is 7.38. The smallest absolute Gasteiger partial charge is 0.251 e. The lowest BCUT2D eigenvalue weighted by atomic mass is 10.1. The predicted octanol–water partition coefficient (Wildman–Crippen LogP) is 3.94. The normalized spacial score (nSPS) is 10.2. The summed E-state index contributed by atoms with van der Waals surface area (Å²) < 4.78 is 10.3. The highest BCUT2D eigenvalue weighted by Crippen LogP contribution is 2.35. The number of rotatable bonds is 5. The first-order valence-electron chi connectivity index (χ1n) is 6.50. The largest absolute Gasteiger partial charge is 0.493 e. The van der Waals surface area contributed by atoms with Gasteiger partial charge in [-0.15, -0.1) is 0 Å². The highest BCUT2D eigenvalue weighted by atomic mass is 35.5. The zero-order chi connectivity index (χ0) is 16.1. The maximum Gasteiger partial charge on any atom is 0.251 e. The molecule has 0 aromatic heterocycles. The van der Waals surface area contributed by atoms with E-state index in [1.807, 2.05) is 18.2 Å². The molecule has 0 aliphatic heterocycles. The van der Waals surface area contributed by atoms with Gasteiger partial charge in [0.05, 0.1) is 19.2 Å². The van der Waals surface area contributed by atoms with E-state index >= 15 is 0 Å². The van der Waals surface area contributed by atoms with Crippen LogP contribution in [0.1, 0.15) is 15.9 Å². The Kier molecular flexibility index (Phi) is 5.52. The zero-order valence-corrected chi connectivity index (χ0v) is 13.7. The summed E-state index contributed by atoms with van der Waals surface area (Å²) in [4.78, 5) is 12.2. The molecule has 0 aliphatic rings. The van der Waals surface area contributed by atoms with E-state index in [1.54, 1.807) is 12.1 Å². The van der Waals surface area contributed by atoms with Crippen LogP contribution in [0.15, 0.2) is 36.4 Å². The molecule has 0 saturated carbocycles. The fraction of sp³-hybridized carbons (Fsp3) is 0.188. The Morgan fingerprint density at radius 3 is 2.45 bits per heavy atom. The summed E-state index contributed by atoms with van der Waals surface area (Å²) in [6, 6.07) is 10.4. The van der Waals surface area contributed by atoms with Gasteiger partial charge in [0.15, 0.2) is 11.5 Å². The molecule has 2 aromatic carbocycles. The van der Waals surface area contributed by atoms with Crippen molar-refractivity contribution in [1.82, 2.24) is 5.32 Å². The van der Waals surface area contributed by atoms with E-state index in [2.05, 4.69) is 5.32 Å². The molecule has 0 atom stereocenters. The molecular formula is C16H15Cl2NO3. The van der Waals surface area contributed by atoms with E-state index in [4.69, 9.17) is 32.7 Å². The first-order valence-corrected chi connectivity index (χ1v) is 7.25. The molecule has 6 heteroatoms. The van der Waals surface area contributed by atoms with Crippen molar-refractivity contribution in [2.24, 2.45) is 0 Å². The standard InChI is InChI=1S/C16H15Cl2NO3/c1-21-14-8-11(7-13(18)15(14)22-2)16(20)19-9-10-5-3-4-6-12(10)17/h3-8H,9H2,1-2H3,(H,19,20). The molecule has 0 unspecified atom stereocenters. The van der Waals surface area contributed by atoms with Crippen molar-refractivity contribution in [2.45, 2.75) is 6.54 Å². The molecule has 4 nitrogen and oxygen atoms in total. The lowest BCUT2D eigenvalue weighted by Gasteiger charge is -2.12. The number of carbonyl (C=O) groups excluding carboxylic acids is 1. The van der Waals surface area contributed by atoms with Gasteiger partial charge >= 0.3 is 0 Å². The fourth-order valence-electron chi connectivity index (χ4n) is 1.97. The van der Waals surface area contributed by atoms with E-state index in [0.717, 1.165) is 5.56 Å². The summed E-state index contributed by atoms with van der Waals surface area (Å²) >= 11 is 12.2. The lowest BCUT2D eigenvalue weighted by Crippen LogP contribution is -2.23. The van der Waals surface area contributed by atoms with Gasteiger partial charge in [0.2, 0.25) is 0 Å². The van der Waals surface area contributed by atoms with Crippen LogP contribution in [0.2, 0.25) is 10.0 Å². The summed E-state index contributed by atoms with van der Waals surface area (Å²) in [5.41, 5.74) is 1.22. The Hall–Kier alpha value is -1.91. The molecule has 0 bridgehead atoms. The topological polar surface area (TPSA) is 47.6 Å². The van der Waals surface area contributed by atoms with Gasteiger partial charge in [-0.05, 0) is 23.8 Å². The maximum atomic E-state index is 12.2. The Balaban J connectivity index is 2.16. The van der Waals surface area contributed by atoms with Crippen LogP contribution in [0.4, 0.5) is 0 Å². The van der Waals surface area contributed by atoms with Crippen molar-refractivity contribution in [1.29, 1.82) is 0 Å². The van der Waals surface area contributed by atoms with Crippen LogP contribution < -0.4 is 14.8 Å². The number of hydrogen-bond donors (Lipinski definition) is 1. The predicted molar refractivity (Wildman–Crippen MR) is 87.2 cm³/mol. The molecule has 2 aromatic rings. The Labute approximate surface area is 138 Å². The fourth-order valence-corrected chi connectivity index (χ4v) is 2.46. The molecule has 0 fully saturated rings. The quantitative estimate of drug-likeness (QED) is 0.897. The molecule has 1 N–H and O–H groups in total. The number of halogens is 2. The first-order chi connectivity index (χ1) is 10.6. The molecule has 0 radical (unpaired) electrons. The number of carbonyl (C=O) groups is 1. The molecule has 0 aliphatic carbocycles. The second-order valence-electron chi connectivity index (χ2n) is 4.47. The third-order valence-electron chi connectivity index (χ3n) is 3.09. The maximum absolute atomic E-state index is 12.2. The molecular weight excluding hydrogens is 325 g/mol. The number of benzene rings is 2. The van der Waals surface area contributed by atoms with Gasteiger partial charge in [0, 0.05) is 17.1 Å². The molecule has 116 valence electrons. The highest BCUT2D eigenvalue weighted by Gasteiger charge is 2.15. The average Bonchev–Trinajstić information content (AvgIpc) is 2.52. The second-order valence-corrected chi connectivity index (χ2v) is 5.28. The molecule has 0 saturated heterocycles. The Morgan fingerprint density at radius 1 is 1.09 bits per heavy atom. The average molecular weight is 340 g/mol. The minimum Gasteiger partial charge on any atom is -0.493 e. The zero-order valence-electron chi connectivity index (χ0n) is 12.2. The van der Waals surface area contributed by atoms with Crippen LogP contribution in [0, 0.1) is 0 Å². The third kappa shape index (κ3) is 3.64. The Morgan fingerprint density at radius 2 is 1.82 bits per heavy atom. The van der Waals surface area contributed by atoms with Crippen LogP contribution in [0.3, 0.4) is 0 Å². The summed E-state index contributed by atoms with van der Waals surface area (Å²) in [5.74, 6) is 0.521. The summed E-state index contributed by atoms with van der Waals surface area (Å²) in [6.45, 7) is 0.324. The van der Waals surface area contributed by atoms with Gasteiger partial charge in [-0.25, -0.2) is 0 Å². The molecule has 1 amide bonds. The number of hydrogen-bond acceptors (Lipinski definition) is 3. The van der Waals surface area contributed by atoms with Crippen molar-refractivity contribution >= 4 is 29.1 Å². The minimum absolute atomic E-state index is 0.275. The van der Waals surface area contributed by atoms with E-state index in [-0.39, 0.29) is 5.91 Å². The van der Waals surface area contributed by atoms with Crippen molar-refractivity contribution in [3.63, 3.8) is 0 Å². The highest BCUT2D eigenvalue weighted by molar-refractivity contribution is 6.32.